The number of benzene rings is 1. The SMILES string of the molecule is CN[C@@H](Cc1ccccc1)[C@H]1CCCO1. The minimum absolute atomic E-state index is 0.398. The van der Waals surface area contributed by atoms with Gasteiger partial charge in [0.25, 0.3) is 0 Å². The maximum Gasteiger partial charge on any atom is 0.0732 e. The Labute approximate surface area is 91.6 Å². The lowest BCUT2D eigenvalue weighted by Crippen LogP contribution is -2.39. The maximum absolute atomic E-state index is 5.72. The van der Waals surface area contributed by atoms with Gasteiger partial charge in [0, 0.05) is 12.6 Å². The molecule has 2 atom stereocenters. The fourth-order valence-electron chi connectivity index (χ4n) is 2.21. The summed E-state index contributed by atoms with van der Waals surface area (Å²) >= 11 is 0. The van der Waals surface area contributed by atoms with Crippen LogP contribution in [0.15, 0.2) is 30.3 Å². The summed E-state index contributed by atoms with van der Waals surface area (Å²) in [7, 11) is 2.02. The molecule has 0 bridgehead atoms. The fraction of sp³-hybridized carbons (Fsp3) is 0.538. The van der Waals surface area contributed by atoms with E-state index in [-0.39, 0.29) is 0 Å². The molecule has 0 unspecified atom stereocenters. The molecule has 0 amide bonds. The van der Waals surface area contributed by atoms with E-state index in [4.69, 9.17) is 4.74 Å². The molecule has 0 aliphatic carbocycles. The van der Waals surface area contributed by atoms with Crippen LogP contribution in [-0.2, 0) is 11.2 Å². The Morgan fingerprint density at radius 2 is 2.20 bits per heavy atom. The van der Waals surface area contributed by atoms with Crippen LogP contribution in [0.1, 0.15) is 18.4 Å². The summed E-state index contributed by atoms with van der Waals surface area (Å²) in [5.74, 6) is 0. The summed E-state index contributed by atoms with van der Waals surface area (Å²) in [4.78, 5) is 0. The van der Waals surface area contributed by atoms with E-state index in [1.165, 1.54) is 18.4 Å². The van der Waals surface area contributed by atoms with Gasteiger partial charge in [0.1, 0.15) is 0 Å². The first-order chi connectivity index (χ1) is 7.40. The molecule has 0 spiro atoms. The second kappa shape index (κ2) is 5.29. The van der Waals surface area contributed by atoms with Crippen molar-refractivity contribution in [2.75, 3.05) is 13.7 Å². The van der Waals surface area contributed by atoms with Crippen molar-refractivity contribution in [3.8, 4) is 0 Å². The van der Waals surface area contributed by atoms with Crippen molar-refractivity contribution in [2.24, 2.45) is 0 Å². The van der Waals surface area contributed by atoms with Crippen molar-refractivity contribution < 1.29 is 4.74 Å². The summed E-state index contributed by atoms with van der Waals surface area (Å²) in [6, 6.07) is 11.1. The Hall–Kier alpha value is -0.860. The monoisotopic (exact) mass is 205 g/mol. The van der Waals surface area contributed by atoms with E-state index in [0.29, 0.717) is 12.1 Å². The van der Waals surface area contributed by atoms with Crippen LogP contribution in [0.5, 0.6) is 0 Å². The van der Waals surface area contributed by atoms with Crippen molar-refractivity contribution in [3.63, 3.8) is 0 Å². The second-order valence-electron chi connectivity index (χ2n) is 4.14. The molecule has 1 saturated heterocycles. The van der Waals surface area contributed by atoms with Crippen molar-refractivity contribution in [1.82, 2.24) is 5.32 Å². The van der Waals surface area contributed by atoms with E-state index in [0.717, 1.165) is 13.0 Å². The van der Waals surface area contributed by atoms with E-state index in [2.05, 4.69) is 35.6 Å². The molecule has 0 aromatic heterocycles. The fourth-order valence-corrected chi connectivity index (χ4v) is 2.21. The van der Waals surface area contributed by atoms with Gasteiger partial charge in [-0.15, -0.1) is 0 Å². The van der Waals surface area contributed by atoms with Gasteiger partial charge in [0.05, 0.1) is 6.10 Å². The van der Waals surface area contributed by atoms with Crippen molar-refractivity contribution >= 4 is 0 Å². The second-order valence-corrected chi connectivity index (χ2v) is 4.14. The first-order valence-electron chi connectivity index (χ1n) is 5.73. The lowest BCUT2D eigenvalue weighted by Gasteiger charge is -2.22. The molecule has 1 heterocycles. The molecule has 2 nitrogen and oxygen atoms in total. The minimum atomic E-state index is 0.398. The minimum Gasteiger partial charge on any atom is -0.377 e. The molecule has 0 radical (unpaired) electrons. The number of likely N-dealkylation sites (N-methyl/N-ethyl adjacent to an activating group) is 1. The van der Waals surface area contributed by atoms with Crippen LogP contribution in [0.4, 0.5) is 0 Å². The van der Waals surface area contributed by atoms with Gasteiger partial charge in [-0.05, 0) is 31.9 Å². The van der Waals surface area contributed by atoms with Crippen LogP contribution in [0.25, 0.3) is 0 Å². The van der Waals surface area contributed by atoms with E-state index >= 15 is 0 Å². The molecule has 2 heteroatoms. The zero-order valence-electron chi connectivity index (χ0n) is 9.28. The van der Waals surface area contributed by atoms with Crippen LogP contribution in [0.2, 0.25) is 0 Å². The lowest BCUT2D eigenvalue weighted by molar-refractivity contribution is 0.0808. The van der Waals surface area contributed by atoms with Crippen LogP contribution >= 0.6 is 0 Å². The summed E-state index contributed by atoms with van der Waals surface area (Å²) in [5, 5.41) is 3.37. The predicted molar refractivity (Wildman–Crippen MR) is 62.0 cm³/mol. The van der Waals surface area contributed by atoms with Crippen molar-refractivity contribution in [1.29, 1.82) is 0 Å². The Morgan fingerprint density at radius 3 is 2.80 bits per heavy atom. The number of nitrogens with one attached hydrogen (secondary N) is 1. The van der Waals surface area contributed by atoms with Crippen molar-refractivity contribution in [2.45, 2.75) is 31.4 Å². The van der Waals surface area contributed by atoms with Crippen LogP contribution in [0.3, 0.4) is 0 Å². The van der Waals surface area contributed by atoms with Gasteiger partial charge in [-0.2, -0.15) is 0 Å². The Morgan fingerprint density at radius 1 is 1.40 bits per heavy atom. The van der Waals surface area contributed by atoms with E-state index in [1.807, 2.05) is 7.05 Å². The predicted octanol–water partition coefficient (Wildman–Crippen LogP) is 2.00. The average molecular weight is 205 g/mol. The molecule has 1 N–H and O–H groups in total. The van der Waals surface area contributed by atoms with Gasteiger partial charge < -0.3 is 10.1 Å². The summed E-state index contributed by atoms with van der Waals surface area (Å²) in [6.45, 7) is 0.928. The van der Waals surface area contributed by atoms with Crippen LogP contribution < -0.4 is 5.32 Å². The molecular weight excluding hydrogens is 186 g/mol. The highest BCUT2D eigenvalue weighted by atomic mass is 16.5. The standard InChI is InChI=1S/C13H19NO/c1-14-12(13-8-5-9-15-13)10-11-6-3-2-4-7-11/h2-4,6-7,12-14H,5,8-10H2,1H3/t12-,13+/m0/s1. The van der Waals surface area contributed by atoms with Gasteiger partial charge in [0.2, 0.25) is 0 Å². The lowest BCUT2D eigenvalue weighted by atomic mass is 10.00. The Kier molecular flexibility index (Phi) is 3.75. The van der Waals surface area contributed by atoms with Crippen molar-refractivity contribution in [3.05, 3.63) is 35.9 Å². The molecule has 82 valence electrons. The largest absolute Gasteiger partial charge is 0.377 e. The number of hydrogen-bond donors (Lipinski definition) is 1. The van der Waals surface area contributed by atoms with Crippen LogP contribution in [-0.4, -0.2) is 25.8 Å². The van der Waals surface area contributed by atoms with Gasteiger partial charge >= 0.3 is 0 Å². The van der Waals surface area contributed by atoms with Gasteiger partial charge in [-0.25, -0.2) is 0 Å². The molecule has 1 aromatic carbocycles. The molecule has 1 aliphatic heterocycles. The molecule has 15 heavy (non-hydrogen) atoms. The third kappa shape index (κ3) is 2.80. The normalized spacial score (nSPS) is 22.9. The molecule has 2 rings (SSSR count). The van der Waals surface area contributed by atoms with E-state index < -0.39 is 0 Å². The first kappa shape index (κ1) is 10.7. The average Bonchev–Trinajstić information content (AvgIpc) is 2.81. The first-order valence-corrected chi connectivity index (χ1v) is 5.73. The molecular formula is C13H19NO. The number of ether oxygens (including phenoxy) is 1. The zero-order valence-corrected chi connectivity index (χ0v) is 9.28. The molecule has 1 aliphatic rings. The summed E-state index contributed by atoms with van der Waals surface area (Å²) in [5.41, 5.74) is 1.38. The van der Waals surface area contributed by atoms with E-state index in [9.17, 15) is 0 Å². The Bertz CT molecular complexity index is 280. The highest BCUT2D eigenvalue weighted by Gasteiger charge is 2.24. The molecule has 1 aromatic rings. The highest BCUT2D eigenvalue weighted by molar-refractivity contribution is 5.16. The van der Waals surface area contributed by atoms with Gasteiger partial charge in [0.15, 0.2) is 0 Å². The highest BCUT2D eigenvalue weighted by Crippen LogP contribution is 2.18. The molecule has 0 saturated carbocycles. The summed E-state index contributed by atoms with van der Waals surface area (Å²) in [6.07, 6.45) is 3.85. The zero-order chi connectivity index (χ0) is 10.5. The quantitative estimate of drug-likeness (QED) is 0.811. The van der Waals surface area contributed by atoms with E-state index in [1.54, 1.807) is 0 Å². The van der Waals surface area contributed by atoms with Gasteiger partial charge in [-0.3, -0.25) is 0 Å². The smallest absolute Gasteiger partial charge is 0.0732 e. The van der Waals surface area contributed by atoms with Gasteiger partial charge in [-0.1, -0.05) is 30.3 Å². The number of rotatable bonds is 4. The number of hydrogen-bond acceptors (Lipinski definition) is 2. The molecule has 1 fully saturated rings. The Balaban J connectivity index is 1.96. The topological polar surface area (TPSA) is 21.3 Å². The summed E-state index contributed by atoms with van der Waals surface area (Å²) < 4.78 is 5.72. The maximum atomic E-state index is 5.72. The third-order valence-electron chi connectivity index (χ3n) is 3.08. The van der Waals surface area contributed by atoms with Crippen LogP contribution in [0, 0.1) is 0 Å². The third-order valence-corrected chi connectivity index (χ3v) is 3.08.